The number of pyridine rings is 2. The molecule has 10 heteroatoms. The van der Waals surface area contributed by atoms with Crippen LogP contribution in [-0.2, 0) is 42.8 Å². The Kier molecular flexibility index (Phi) is 12.0. The van der Waals surface area contributed by atoms with Crippen LogP contribution in [0.4, 0.5) is 0 Å². The zero-order chi connectivity index (χ0) is 28.5. The van der Waals surface area contributed by atoms with Crippen LogP contribution in [0.15, 0.2) is 33.5 Å². The molecule has 0 amide bonds. The number of rotatable bonds is 0. The fraction of sp³-hybridized carbons (Fsp3) is 0.562. The van der Waals surface area contributed by atoms with Gasteiger partial charge in [-0.05, 0) is 113 Å². The number of ether oxygens (including phenoxy) is 1. The summed E-state index contributed by atoms with van der Waals surface area (Å²) in [6, 6.07) is 3.98. The second-order valence-electron chi connectivity index (χ2n) is 12.0. The quantitative estimate of drug-likeness (QED) is 0.333. The number of aliphatic hydroxyl groups is 1. The Bertz CT molecular complexity index is 1300. The Hall–Kier alpha value is -1.21. The van der Waals surface area contributed by atoms with E-state index in [0.717, 1.165) is 57.5 Å². The number of aromatic nitrogens is 2. The predicted molar refractivity (Wildman–Crippen MR) is 164 cm³/mol. The molecular weight excluding hydrogens is 659 g/mol. The van der Waals surface area contributed by atoms with Crippen molar-refractivity contribution in [2.24, 2.45) is 0 Å². The molecule has 1 N–H and O–H groups in total. The third-order valence-corrected chi connectivity index (χ3v) is 10.1. The Morgan fingerprint density at radius 3 is 1.60 bits per heavy atom. The second-order valence-corrected chi connectivity index (χ2v) is 13.9. The molecule has 2 aromatic heterocycles. The van der Waals surface area contributed by atoms with E-state index < -0.39 is 16.4 Å². The van der Waals surface area contributed by atoms with E-state index in [1.165, 1.54) is 12.8 Å². The van der Waals surface area contributed by atoms with Gasteiger partial charge in [0.15, 0.2) is 0 Å². The van der Waals surface area contributed by atoms with E-state index in [1.807, 2.05) is 19.1 Å². The van der Waals surface area contributed by atoms with Gasteiger partial charge in [0, 0.05) is 60.2 Å². The van der Waals surface area contributed by atoms with Gasteiger partial charge >= 0.3 is 18.9 Å². The van der Waals surface area contributed by atoms with Crippen LogP contribution < -0.4 is 18.9 Å². The monoisotopic (exact) mass is 696 g/mol. The van der Waals surface area contributed by atoms with Crippen LogP contribution in [0.3, 0.4) is 0 Å². The van der Waals surface area contributed by atoms with Crippen LogP contribution in [0, 0.1) is 7.43 Å². The van der Waals surface area contributed by atoms with Crippen molar-refractivity contribution in [2.45, 2.75) is 100 Å². The standard InChI is InChI=1S/C14H16BrNO2.C13H12BrNO2.C4H8O.CH3.Li/c1-13(18)2-4-14(5-3-13)11(17)7-9-6-10(15)8-16-12(9)14;14-9-5-8-6-11(17)13(12(8)15-7-9)3-1-10(16)2-4-13;1-2-4-5-3-1;;/h6,8,18H,2-5,7H2,1H3;5,7H,1-4,6H2;1-4H2;1H3;/q;;;-1;+1. The van der Waals surface area contributed by atoms with Crippen molar-refractivity contribution in [1.29, 1.82) is 0 Å². The molecule has 2 aromatic rings. The maximum atomic E-state index is 12.4. The molecule has 0 radical (unpaired) electrons. The first-order valence-electron chi connectivity index (χ1n) is 14.2. The van der Waals surface area contributed by atoms with Crippen molar-refractivity contribution >= 4 is 49.2 Å². The molecule has 0 bridgehead atoms. The number of hydrogen-bond donors (Lipinski definition) is 1. The van der Waals surface area contributed by atoms with Crippen LogP contribution in [0.25, 0.3) is 0 Å². The number of Topliss-reactive ketones (excluding diaryl/α,β-unsaturated/α-hetero) is 3. The van der Waals surface area contributed by atoms with Crippen molar-refractivity contribution < 1.29 is 43.1 Å². The summed E-state index contributed by atoms with van der Waals surface area (Å²) in [6.07, 6.45) is 12.2. The molecule has 222 valence electrons. The summed E-state index contributed by atoms with van der Waals surface area (Å²) in [5.41, 5.74) is 2.45. The van der Waals surface area contributed by atoms with Gasteiger partial charge in [-0.25, -0.2) is 0 Å². The van der Waals surface area contributed by atoms with Crippen molar-refractivity contribution in [1.82, 2.24) is 9.97 Å². The summed E-state index contributed by atoms with van der Waals surface area (Å²) in [4.78, 5) is 44.9. The maximum Gasteiger partial charge on any atom is 1.00 e. The summed E-state index contributed by atoms with van der Waals surface area (Å²) in [5.74, 6) is 0.790. The molecule has 4 aliphatic carbocycles. The zero-order valence-electron chi connectivity index (χ0n) is 24.9. The number of nitrogens with zero attached hydrogens (tertiary/aromatic N) is 2. The minimum atomic E-state index is -0.621. The second kappa shape index (κ2) is 14.3. The van der Waals surface area contributed by atoms with E-state index in [-0.39, 0.29) is 43.6 Å². The van der Waals surface area contributed by atoms with Gasteiger partial charge in [0.05, 0.1) is 27.8 Å². The summed E-state index contributed by atoms with van der Waals surface area (Å²) < 4.78 is 6.78. The van der Waals surface area contributed by atoms with Crippen LogP contribution >= 0.6 is 31.9 Å². The molecule has 3 heterocycles. The van der Waals surface area contributed by atoms with Crippen molar-refractivity contribution in [3.63, 3.8) is 0 Å². The van der Waals surface area contributed by atoms with Gasteiger partial charge in [-0.2, -0.15) is 0 Å². The molecule has 5 aliphatic rings. The van der Waals surface area contributed by atoms with Crippen LogP contribution in [0.2, 0.25) is 0 Å². The van der Waals surface area contributed by atoms with Gasteiger partial charge in [-0.3, -0.25) is 24.4 Å². The van der Waals surface area contributed by atoms with Gasteiger partial charge in [-0.15, -0.1) is 0 Å². The zero-order valence-corrected chi connectivity index (χ0v) is 28.1. The van der Waals surface area contributed by atoms with Gasteiger partial charge in [-0.1, -0.05) is 0 Å². The molecule has 3 fully saturated rings. The molecule has 1 aliphatic heterocycles. The molecule has 0 aromatic carbocycles. The molecule has 2 spiro atoms. The maximum absolute atomic E-state index is 12.4. The normalized spacial score (nSPS) is 26.7. The topological polar surface area (TPSA) is 106 Å². The first kappa shape index (κ1) is 35.3. The van der Waals surface area contributed by atoms with Crippen molar-refractivity contribution in [3.05, 3.63) is 63.4 Å². The van der Waals surface area contributed by atoms with Gasteiger partial charge in [0.1, 0.15) is 17.3 Å². The molecular formula is C32H39Br2LiN2O5. The molecule has 42 heavy (non-hydrogen) atoms. The Labute approximate surface area is 277 Å². The third kappa shape index (κ3) is 7.19. The molecule has 7 nitrogen and oxygen atoms in total. The van der Waals surface area contributed by atoms with Crippen LogP contribution in [-0.4, -0.2) is 51.2 Å². The predicted octanol–water partition coefficient (Wildman–Crippen LogP) is 3.13. The van der Waals surface area contributed by atoms with Gasteiger partial charge in [0.25, 0.3) is 0 Å². The Balaban J connectivity index is 0.000000190. The smallest absolute Gasteiger partial charge is 0.390 e. The number of hydrogen-bond acceptors (Lipinski definition) is 7. The number of ketones is 3. The minimum absolute atomic E-state index is 0. The SMILES string of the molecule is C1CCOC1.CC1(O)CCC2(CC1)C(=O)Cc1cc(Br)cnc12.O=C1CCC2(CC1)C(=O)Cc1cc(Br)cnc12.[CH3-].[Li+]. The number of fused-ring (bicyclic) bond motifs is 4. The average molecular weight is 698 g/mol. The number of carbonyl (C=O) groups excluding carboxylic acids is 3. The van der Waals surface area contributed by atoms with Crippen molar-refractivity contribution in [2.75, 3.05) is 13.2 Å². The third-order valence-electron chi connectivity index (χ3n) is 9.21. The molecule has 0 unspecified atom stereocenters. The van der Waals surface area contributed by atoms with Crippen molar-refractivity contribution in [3.8, 4) is 0 Å². The fourth-order valence-electron chi connectivity index (χ4n) is 6.75. The van der Waals surface area contributed by atoms with E-state index in [0.29, 0.717) is 51.4 Å². The molecule has 0 atom stereocenters. The minimum Gasteiger partial charge on any atom is -0.390 e. The molecule has 7 rings (SSSR count). The summed E-state index contributed by atoms with van der Waals surface area (Å²) in [5, 5.41) is 10.1. The van der Waals surface area contributed by atoms with Gasteiger partial charge < -0.3 is 17.3 Å². The Morgan fingerprint density at radius 2 is 1.19 bits per heavy atom. The largest absolute Gasteiger partial charge is 1.00 e. The van der Waals surface area contributed by atoms with E-state index in [4.69, 9.17) is 4.74 Å². The van der Waals surface area contributed by atoms with E-state index >= 15 is 0 Å². The number of carbonyl (C=O) groups is 3. The molecule has 2 saturated carbocycles. The van der Waals surface area contributed by atoms with E-state index in [1.54, 1.807) is 12.4 Å². The van der Waals surface area contributed by atoms with E-state index in [2.05, 4.69) is 41.8 Å². The van der Waals surface area contributed by atoms with Gasteiger partial charge in [0.2, 0.25) is 0 Å². The summed E-state index contributed by atoms with van der Waals surface area (Å²) in [6.45, 7) is 3.86. The Morgan fingerprint density at radius 1 is 0.762 bits per heavy atom. The first-order valence-corrected chi connectivity index (χ1v) is 15.8. The van der Waals surface area contributed by atoms with E-state index in [9.17, 15) is 19.5 Å². The molecule has 1 saturated heterocycles. The fourth-order valence-corrected chi connectivity index (χ4v) is 7.51. The summed E-state index contributed by atoms with van der Waals surface area (Å²) >= 11 is 6.78. The number of halogens is 2. The first-order chi connectivity index (χ1) is 19.0. The van der Waals surface area contributed by atoms with Crippen LogP contribution in [0.5, 0.6) is 0 Å². The summed E-state index contributed by atoms with van der Waals surface area (Å²) in [7, 11) is 0. The average Bonchev–Trinajstić information content (AvgIpc) is 3.63. The van der Waals surface area contributed by atoms with Crippen LogP contribution in [0.1, 0.15) is 93.6 Å².